The number of nitrogens with two attached hydrogens (primary N) is 1. The molecule has 2 heterocycles. The summed E-state index contributed by atoms with van der Waals surface area (Å²) in [6.45, 7) is 6.91. The van der Waals surface area contributed by atoms with E-state index in [1.807, 2.05) is 51.2 Å². The molecule has 0 aliphatic carbocycles. The fourth-order valence-corrected chi connectivity index (χ4v) is 2.98. The highest BCUT2D eigenvalue weighted by molar-refractivity contribution is 5.95. The molecule has 2 aromatic rings. The van der Waals surface area contributed by atoms with E-state index in [0.717, 1.165) is 30.0 Å². The number of fused-ring (bicyclic) bond motifs is 1. The average Bonchev–Trinajstić information content (AvgIpc) is 2.98. The summed E-state index contributed by atoms with van der Waals surface area (Å²) >= 11 is 0. The van der Waals surface area contributed by atoms with Gasteiger partial charge in [-0.15, -0.1) is 0 Å². The Labute approximate surface area is 143 Å². The Bertz CT molecular complexity index is 725. The maximum atomic E-state index is 12.2. The van der Waals surface area contributed by atoms with Crippen molar-refractivity contribution in [2.24, 2.45) is 11.1 Å². The molecule has 1 atom stereocenters. The van der Waals surface area contributed by atoms with E-state index in [-0.39, 0.29) is 11.3 Å². The first kappa shape index (κ1) is 16.7. The van der Waals surface area contributed by atoms with Gasteiger partial charge in [0.2, 0.25) is 5.91 Å². The third-order valence-corrected chi connectivity index (χ3v) is 4.63. The first-order valence-corrected chi connectivity index (χ1v) is 8.57. The molecule has 3 rings (SSSR count). The van der Waals surface area contributed by atoms with Gasteiger partial charge in [-0.25, -0.2) is 4.98 Å². The quantitative estimate of drug-likeness (QED) is 0.909. The van der Waals surface area contributed by atoms with Crippen molar-refractivity contribution in [1.29, 1.82) is 0 Å². The SMILES string of the molecule is CC(C)(C)[C@H](N)C(=O)Nc1ccc(-c2ncc3n2CCCC3)cc1. The number of anilines is 1. The lowest BCUT2D eigenvalue weighted by atomic mass is 9.87. The number of aromatic nitrogens is 2. The summed E-state index contributed by atoms with van der Waals surface area (Å²) in [4.78, 5) is 16.8. The molecular formula is C19H26N4O. The van der Waals surface area contributed by atoms with Crippen LogP contribution in [0.4, 0.5) is 5.69 Å². The lowest BCUT2D eigenvalue weighted by Gasteiger charge is -2.25. The van der Waals surface area contributed by atoms with Gasteiger partial charge in [0.1, 0.15) is 5.82 Å². The Morgan fingerprint density at radius 3 is 2.62 bits per heavy atom. The molecule has 5 nitrogen and oxygen atoms in total. The van der Waals surface area contributed by atoms with Gasteiger partial charge in [-0.05, 0) is 48.9 Å². The Morgan fingerprint density at radius 1 is 1.25 bits per heavy atom. The molecule has 1 aliphatic rings. The highest BCUT2D eigenvalue weighted by Crippen LogP contribution is 2.26. The zero-order chi connectivity index (χ0) is 17.3. The van der Waals surface area contributed by atoms with Gasteiger partial charge >= 0.3 is 0 Å². The van der Waals surface area contributed by atoms with Gasteiger partial charge < -0.3 is 15.6 Å². The number of amides is 1. The smallest absolute Gasteiger partial charge is 0.241 e. The molecule has 0 bridgehead atoms. The fraction of sp³-hybridized carbons (Fsp3) is 0.474. The topological polar surface area (TPSA) is 72.9 Å². The third-order valence-electron chi connectivity index (χ3n) is 4.63. The summed E-state index contributed by atoms with van der Waals surface area (Å²) in [5.41, 5.74) is 8.87. The van der Waals surface area contributed by atoms with E-state index in [0.29, 0.717) is 0 Å². The lowest BCUT2D eigenvalue weighted by molar-refractivity contribution is -0.119. The largest absolute Gasteiger partial charge is 0.328 e. The maximum Gasteiger partial charge on any atom is 0.241 e. The third kappa shape index (κ3) is 3.36. The molecule has 24 heavy (non-hydrogen) atoms. The number of imidazole rings is 1. The van der Waals surface area contributed by atoms with E-state index < -0.39 is 6.04 Å². The molecule has 0 fully saturated rings. The summed E-state index contributed by atoms with van der Waals surface area (Å²) in [6.07, 6.45) is 5.53. The van der Waals surface area contributed by atoms with E-state index in [4.69, 9.17) is 5.73 Å². The Balaban J connectivity index is 1.74. The van der Waals surface area contributed by atoms with E-state index in [1.165, 1.54) is 18.5 Å². The zero-order valence-corrected chi connectivity index (χ0v) is 14.7. The van der Waals surface area contributed by atoms with Crippen LogP contribution in [0.15, 0.2) is 30.5 Å². The first-order valence-electron chi connectivity index (χ1n) is 8.57. The van der Waals surface area contributed by atoms with Crippen molar-refractivity contribution in [2.75, 3.05) is 5.32 Å². The van der Waals surface area contributed by atoms with Gasteiger partial charge in [0.25, 0.3) is 0 Å². The second kappa shape index (κ2) is 6.40. The molecule has 0 unspecified atom stereocenters. The van der Waals surface area contributed by atoms with E-state index >= 15 is 0 Å². The molecule has 0 saturated heterocycles. The molecule has 0 spiro atoms. The molecular weight excluding hydrogens is 300 g/mol. The normalized spacial score (nSPS) is 15.7. The van der Waals surface area contributed by atoms with Crippen LogP contribution in [-0.4, -0.2) is 21.5 Å². The van der Waals surface area contributed by atoms with Crippen LogP contribution in [0.5, 0.6) is 0 Å². The van der Waals surface area contributed by atoms with Gasteiger partial charge in [-0.2, -0.15) is 0 Å². The van der Waals surface area contributed by atoms with Crippen LogP contribution in [0.3, 0.4) is 0 Å². The Hall–Kier alpha value is -2.14. The number of rotatable bonds is 3. The number of carbonyl (C=O) groups is 1. The van der Waals surface area contributed by atoms with E-state index in [1.54, 1.807) is 0 Å². The second-order valence-corrected chi connectivity index (χ2v) is 7.59. The molecule has 0 saturated carbocycles. The summed E-state index contributed by atoms with van der Waals surface area (Å²) < 4.78 is 2.30. The summed E-state index contributed by atoms with van der Waals surface area (Å²) in [7, 11) is 0. The number of carbonyl (C=O) groups excluding carboxylic acids is 1. The van der Waals surface area contributed by atoms with Crippen molar-refractivity contribution < 1.29 is 4.79 Å². The van der Waals surface area contributed by atoms with E-state index in [9.17, 15) is 4.79 Å². The summed E-state index contributed by atoms with van der Waals surface area (Å²) in [6, 6.07) is 7.28. The van der Waals surface area contributed by atoms with Gasteiger partial charge in [0.15, 0.2) is 0 Å². The van der Waals surface area contributed by atoms with Crippen molar-refractivity contribution in [2.45, 2.75) is 52.6 Å². The number of benzene rings is 1. The molecule has 3 N–H and O–H groups in total. The predicted molar refractivity (Wildman–Crippen MR) is 96.7 cm³/mol. The van der Waals surface area contributed by atoms with Gasteiger partial charge in [-0.1, -0.05) is 20.8 Å². The highest BCUT2D eigenvalue weighted by Gasteiger charge is 2.27. The molecule has 0 radical (unpaired) electrons. The van der Waals surface area contributed by atoms with E-state index in [2.05, 4.69) is 14.9 Å². The van der Waals surface area contributed by atoms with Gasteiger partial charge in [0.05, 0.1) is 6.04 Å². The molecule has 1 amide bonds. The predicted octanol–water partition coefficient (Wildman–Crippen LogP) is 3.20. The maximum absolute atomic E-state index is 12.2. The number of hydrogen-bond donors (Lipinski definition) is 2. The highest BCUT2D eigenvalue weighted by atomic mass is 16.2. The van der Waals surface area contributed by atoms with Crippen LogP contribution in [0.1, 0.15) is 39.3 Å². The minimum atomic E-state index is -0.545. The molecule has 1 aliphatic heterocycles. The number of nitrogens with one attached hydrogen (secondary N) is 1. The van der Waals surface area contributed by atoms with Crippen molar-refractivity contribution in [3.63, 3.8) is 0 Å². The van der Waals surface area contributed by atoms with Crippen LogP contribution in [0, 0.1) is 5.41 Å². The van der Waals surface area contributed by atoms with Crippen LogP contribution >= 0.6 is 0 Å². The molecule has 1 aromatic heterocycles. The van der Waals surface area contributed by atoms with Crippen molar-refractivity contribution in [3.05, 3.63) is 36.2 Å². The van der Waals surface area contributed by atoms with Crippen molar-refractivity contribution in [3.8, 4) is 11.4 Å². The number of hydrogen-bond acceptors (Lipinski definition) is 3. The summed E-state index contributed by atoms with van der Waals surface area (Å²) in [5, 5.41) is 2.89. The van der Waals surface area contributed by atoms with Crippen LogP contribution in [-0.2, 0) is 17.8 Å². The fourth-order valence-electron chi connectivity index (χ4n) is 2.98. The van der Waals surface area contributed by atoms with Crippen molar-refractivity contribution >= 4 is 11.6 Å². The Kier molecular flexibility index (Phi) is 4.45. The minimum Gasteiger partial charge on any atom is -0.328 e. The zero-order valence-electron chi connectivity index (χ0n) is 14.7. The van der Waals surface area contributed by atoms with Gasteiger partial charge in [-0.3, -0.25) is 4.79 Å². The average molecular weight is 326 g/mol. The first-order chi connectivity index (χ1) is 11.4. The molecule has 128 valence electrons. The van der Waals surface area contributed by atoms with Gasteiger partial charge in [0, 0.05) is 29.7 Å². The van der Waals surface area contributed by atoms with Crippen molar-refractivity contribution in [1.82, 2.24) is 9.55 Å². The standard InChI is InChI=1S/C19H26N4O/c1-19(2,3)16(20)18(24)22-14-9-7-13(8-10-14)17-21-12-15-6-4-5-11-23(15)17/h7-10,12,16H,4-6,11,20H2,1-3H3,(H,22,24)/t16-/m1/s1. The number of aryl methyl sites for hydroxylation is 1. The molecule has 1 aromatic carbocycles. The summed E-state index contributed by atoms with van der Waals surface area (Å²) in [5.74, 6) is 0.849. The van der Waals surface area contributed by atoms with Crippen LogP contribution < -0.4 is 11.1 Å². The second-order valence-electron chi connectivity index (χ2n) is 7.59. The minimum absolute atomic E-state index is 0.159. The van der Waals surface area contributed by atoms with Crippen LogP contribution in [0.25, 0.3) is 11.4 Å². The monoisotopic (exact) mass is 326 g/mol. The molecule has 5 heteroatoms. The van der Waals surface area contributed by atoms with Crippen LogP contribution in [0.2, 0.25) is 0 Å². The number of nitrogens with zero attached hydrogens (tertiary/aromatic N) is 2. The Morgan fingerprint density at radius 2 is 1.96 bits per heavy atom. The lowest BCUT2D eigenvalue weighted by Crippen LogP contribution is -2.45.